The van der Waals surface area contributed by atoms with E-state index in [9.17, 15) is 0 Å². The van der Waals surface area contributed by atoms with Gasteiger partial charge < -0.3 is 37.2 Å². The Hall–Kier alpha value is 2.47. The van der Waals surface area contributed by atoms with E-state index in [4.69, 9.17) is 0 Å². The fourth-order valence-corrected chi connectivity index (χ4v) is 0. The molecule has 0 aromatic rings. The van der Waals surface area contributed by atoms with E-state index in [0.717, 1.165) is 0 Å². The van der Waals surface area contributed by atoms with E-state index >= 15 is 0 Å². The van der Waals surface area contributed by atoms with Crippen LogP contribution in [-0.2, 0) is 0 Å². The monoisotopic (exact) mass is 186 g/mol. The maximum atomic E-state index is 0. The average molecular weight is 187 g/mol. The van der Waals surface area contributed by atoms with Gasteiger partial charge in [-0.15, -0.1) is 0 Å². The molecule has 0 unspecified atom stereocenters. The topological polar surface area (TPSA) is 0 Å². The summed E-state index contributed by atoms with van der Waals surface area (Å²) in [6, 6.07) is 0. The predicted octanol–water partition coefficient (Wildman–Crippen LogP) is -10.1. The molecule has 0 aromatic heterocycles. The molecule has 0 aliphatic rings. The van der Waals surface area contributed by atoms with Crippen LogP contribution >= 0.6 is 0 Å². The van der Waals surface area contributed by atoms with Gasteiger partial charge in [-0.3, -0.25) is 0 Å². The standard InChI is InChI=1S/3Al.3ClH/h;;;3*1H/q3*+3;;;/p-3. The SMILES string of the molecule is [Al+3].[Al+3].[Al+3].[Cl-].[Cl-].[Cl-]. The Morgan fingerprint density at radius 2 is 0.333 bits per heavy atom. The van der Waals surface area contributed by atoms with Crippen molar-refractivity contribution in [2.24, 2.45) is 0 Å². The molecule has 0 aliphatic carbocycles. The van der Waals surface area contributed by atoms with Crippen LogP contribution < -0.4 is 37.2 Å². The molecule has 0 amide bonds. The molecule has 0 spiro atoms. The Morgan fingerprint density at radius 3 is 0.333 bits per heavy atom. The van der Waals surface area contributed by atoms with E-state index in [-0.39, 0.29) is 89.3 Å². The summed E-state index contributed by atoms with van der Waals surface area (Å²) in [6.45, 7) is 0. The maximum absolute atomic E-state index is 0. The second kappa shape index (κ2) is 51.3. The molecule has 6 heteroatoms. The van der Waals surface area contributed by atoms with Gasteiger partial charge >= 0.3 is 52.1 Å². The minimum absolute atomic E-state index is 0. The Bertz CT molecular complexity index is 6.00. The van der Waals surface area contributed by atoms with Gasteiger partial charge in [-0.25, -0.2) is 0 Å². The van der Waals surface area contributed by atoms with Crippen molar-refractivity contribution in [3.8, 4) is 0 Å². The molecular weight excluding hydrogens is 187 g/mol. The quantitative estimate of drug-likeness (QED) is 0.330. The Balaban J connectivity index is 0. The van der Waals surface area contributed by atoms with Crippen LogP contribution in [0.3, 0.4) is 0 Å². The number of hydrogen-bond acceptors (Lipinski definition) is 0. The number of halogens is 3. The van der Waals surface area contributed by atoms with E-state index < -0.39 is 0 Å². The maximum Gasteiger partial charge on any atom is 3.00 e. The smallest absolute Gasteiger partial charge is 1.00 e. The second-order valence-electron chi connectivity index (χ2n) is 0. The van der Waals surface area contributed by atoms with Crippen LogP contribution in [0.15, 0.2) is 0 Å². The Morgan fingerprint density at radius 1 is 0.333 bits per heavy atom. The normalized spacial score (nSPS) is 0. The molecule has 0 nitrogen and oxygen atoms in total. The molecule has 6 heavy (non-hydrogen) atoms. The summed E-state index contributed by atoms with van der Waals surface area (Å²) in [6.07, 6.45) is 0. The van der Waals surface area contributed by atoms with E-state index in [1.165, 1.54) is 0 Å². The van der Waals surface area contributed by atoms with E-state index in [2.05, 4.69) is 0 Å². The molecule has 0 atom stereocenters. The Labute approximate surface area is 88.4 Å². The average Bonchev–Trinajstić information content (AvgIpc) is 0. The molecular formula is Al3Cl3+6. The van der Waals surface area contributed by atoms with Gasteiger partial charge in [0.1, 0.15) is 0 Å². The fourth-order valence-electron chi connectivity index (χ4n) is 0. The molecule has 0 N–H and O–H groups in total. The van der Waals surface area contributed by atoms with Gasteiger partial charge in [0.15, 0.2) is 0 Å². The molecule has 0 radical (unpaired) electrons. The van der Waals surface area contributed by atoms with Crippen molar-refractivity contribution in [2.45, 2.75) is 0 Å². The van der Waals surface area contributed by atoms with Crippen LogP contribution in [0, 0.1) is 0 Å². The van der Waals surface area contributed by atoms with Crippen LogP contribution in [0.5, 0.6) is 0 Å². The van der Waals surface area contributed by atoms with Crippen LogP contribution in [0.2, 0.25) is 0 Å². The van der Waals surface area contributed by atoms with Crippen LogP contribution in [-0.4, -0.2) is 52.1 Å². The molecule has 0 rings (SSSR count). The summed E-state index contributed by atoms with van der Waals surface area (Å²) in [5.74, 6) is 0. The van der Waals surface area contributed by atoms with Crippen molar-refractivity contribution in [3.05, 3.63) is 0 Å². The third-order valence-corrected chi connectivity index (χ3v) is 0. The molecule has 0 saturated heterocycles. The zero-order chi connectivity index (χ0) is 0. The number of rotatable bonds is 0. The number of hydrogen-bond donors (Lipinski definition) is 0. The summed E-state index contributed by atoms with van der Waals surface area (Å²) >= 11 is 0. The molecule has 0 saturated carbocycles. The first-order chi connectivity index (χ1) is 0. The minimum Gasteiger partial charge on any atom is -1.00 e. The largest absolute Gasteiger partial charge is 3.00 e. The van der Waals surface area contributed by atoms with Crippen molar-refractivity contribution in [3.63, 3.8) is 0 Å². The third kappa shape index (κ3) is 31.8. The summed E-state index contributed by atoms with van der Waals surface area (Å²) < 4.78 is 0. The van der Waals surface area contributed by atoms with E-state index in [1.54, 1.807) is 0 Å². The van der Waals surface area contributed by atoms with Gasteiger partial charge in [0.05, 0.1) is 0 Å². The molecule has 0 heterocycles. The molecule has 24 valence electrons. The summed E-state index contributed by atoms with van der Waals surface area (Å²) in [5.41, 5.74) is 0. The van der Waals surface area contributed by atoms with E-state index in [0.29, 0.717) is 0 Å². The van der Waals surface area contributed by atoms with Crippen LogP contribution in [0.4, 0.5) is 0 Å². The summed E-state index contributed by atoms with van der Waals surface area (Å²) in [4.78, 5) is 0. The van der Waals surface area contributed by atoms with Crippen LogP contribution in [0.1, 0.15) is 0 Å². The van der Waals surface area contributed by atoms with Gasteiger partial charge in [0.25, 0.3) is 0 Å². The van der Waals surface area contributed by atoms with Crippen molar-refractivity contribution >= 4 is 52.1 Å². The molecule has 0 aliphatic heterocycles. The Kier molecular flexibility index (Phi) is 663. The zero-order valence-electron chi connectivity index (χ0n) is 2.87. The molecule has 0 aromatic carbocycles. The van der Waals surface area contributed by atoms with Gasteiger partial charge in [-0.05, 0) is 0 Å². The van der Waals surface area contributed by atoms with Crippen molar-refractivity contribution in [1.82, 2.24) is 0 Å². The van der Waals surface area contributed by atoms with Crippen molar-refractivity contribution in [1.29, 1.82) is 0 Å². The van der Waals surface area contributed by atoms with E-state index in [1.807, 2.05) is 0 Å². The minimum atomic E-state index is 0. The molecule has 0 bridgehead atoms. The third-order valence-electron chi connectivity index (χ3n) is 0. The van der Waals surface area contributed by atoms with Crippen molar-refractivity contribution in [2.75, 3.05) is 0 Å². The van der Waals surface area contributed by atoms with Gasteiger partial charge in [0.2, 0.25) is 0 Å². The van der Waals surface area contributed by atoms with Crippen LogP contribution in [0.25, 0.3) is 0 Å². The fraction of sp³-hybridized carbons (Fsp3) is 0. The predicted molar refractivity (Wildman–Crippen MR) is 17.3 cm³/mol. The summed E-state index contributed by atoms with van der Waals surface area (Å²) in [5, 5.41) is 0. The van der Waals surface area contributed by atoms with Gasteiger partial charge in [-0.2, -0.15) is 0 Å². The van der Waals surface area contributed by atoms with Gasteiger partial charge in [0, 0.05) is 0 Å². The first kappa shape index (κ1) is 77.6. The summed E-state index contributed by atoms with van der Waals surface area (Å²) in [7, 11) is 0. The zero-order valence-corrected chi connectivity index (χ0v) is 8.60. The van der Waals surface area contributed by atoms with Gasteiger partial charge in [-0.1, -0.05) is 0 Å². The molecule has 0 fully saturated rings. The second-order valence-corrected chi connectivity index (χ2v) is 0. The van der Waals surface area contributed by atoms with Crippen molar-refractivity contribution < 1.29 is 37.2 Å². The first-order valence-electron chi connectivity index (χ1n) is 0. The first-order valence-corrected chi connectivity index (χ1v) is 0.